The van der Waals surface area contributed by atoms with Crippen LogP contribution in [-0.4, -0.2) is 22.0 Å². The third kappa shape index (κ3) is 4.55. The van der Waals surface area contributed by atoms with E-state index in [0.717, 1.165) is 0 Å². The molecule has 0 saturated carbocycles. The third-order valence-electron chi connectivity index (χ3n) is 5.25. The molecule has 0 atom stereocenters. The van der Waals surface area contributed by atoms with Crippen molar-refractivity contribution in [3.8, 4) is 5.75 Å². The van der Waals surface area contributed by atoms with Gasteiger partial charge in [0.1, 0.15) is 15.5 Å². The molecule has 3 aromatic rings. The summed E-state index contributed by atoms with van der Waals surface area (Å²) < 4.78 is 0. The van der Waals surface area contributed by atoms with Gasteiger partial charge in [-0.2, -0.15) is 0 Å². The van der Waals surface area contributed by atoms with E-state index < -0.39 is 6.03 Å². The predicted octanol–water partition coefficient (Wildman–Crippen LogP) is 6.11. The number of aromatic hydroxyl groups is 1. The van der Waals surface area contributed by atoms with Crippen LogP contribution in [0.2, 0.25) is 0 Å². The predicted molar refractivity (Wildman–Crippen MR) is 139 cm³/mol. The number of allylic oxidation sites excluding steroid dienone is 7. The molecule has 3 amide bonds. The molecular formula is C27H20N4O3S. The zero-order valence-electron chi connectivity index (χ0n) is 18.4. The van der Waals surface area contributed by atoms with E-state index in [-0.39, 0.29) is 11.7 Å². The van der Waals surface area contributed by atoms with E-state index in [1.165, 1.54) is 22.3 Å². The zero-order chi connectivity index (χ0) is 24.2. The van der Waals surface area contributed by atoms with Gasteiger partial charge < -0.3 is 15.7 Å². The molecule has 0 spiro atoms. The number of amides is 3. The highest BCUT2D eigenvalue weighted by Gasteiger charge is 2.32. The van der Waals surface area contributed by atoms with Gasteiger partial charge in [0.15, 0.2) is 0 Å². The summed E-state index contributed by atoms with van der Waals surface area (Å²) in [7, 11) is 0. The van der Waals surface area contributed by atoms with Crippen LogP contribution in [0.5, 0.6) is 5.75 Å². The number of carbonyl (C=O) groups excluding carboxylic acids is 2. The number of rotatable bonds is 3. The SMILES string of the molecule is O=C(NC1=C/C=C\C=C/C=C1)c1sc2nccc3c2c1NC(=O)N3c1cccccc(O)ccc1. The summed E-state index contributed by atoms with van der Waals surface area (Å²) in [5.74, 6) is -0.234. The number of carbonyl (C=O) groups is 2. The van der Waals surface area contributed by atoms with Crippen molar-refractivity contribution in [2.45, 2.75) is 0 Å². The topological polar surface area (TPSA) is 94.6 Å². The lowest BCUT2D eigenvalue weighted by Gasteiger charge is -2.28. The summed E-state index contributed by atoms with van der Waals surface area (Å²) >= 11 is 1.22. The average Bonchev–Trinajstić information content (AvgIpc) is 3.19. The van der Waals surface area contributed by atoms with Crippen LogP contribution < -0.4 is 15.5 Å². The molecule has 8 heteroatoms. The van der Waals surface area contributed by atoms with Gasteiger partial charge in [0.2, 0.25) is 0 Å². The van der Waals surface area contributed by atoms with E-state index in [1.807, 2.05) is 30.4 Å². The Morgan fingerprint density at radius 1 is 0.971 bits per heavy atom. The van der Waals surface area contributed by atoms with E-state index in [1.54, 1.807) is 66.9 Å². The molecule has 5 rings (SSSR count). The zero-order valence-corrected chi connectivity index (χ0v) is 19.2. The number of nitrogens with one attached hydrogen (secondary N) is 2. The van der Waals surface area contributed by atoms with Gasteiger partial charge in [-0.3, -0.25) is 9.69 Å². The van der Waals surface area contributed by atoms with Crippen molar-refractivity contribution < 1.29 is 14.7 Å². The van der Waals surface area contributed by atoms with Crippen molar-refractivity contribution in [1.82, 2.24) is 10.3 Å². The van der Waals surface area contributed by atoms with Crippen molar-refractivity contribution in [2.75, 3.05) is 10.2 Å². The van der Waals surface area contributed by atoms with Crippen LogP contribution in [0.1, 0.15) is 9.67 Å². The maximum atomic E-state index is 13.3. The Kier molecular flexibility index (Phi) is 6.11. The molecule has 7 nitrogen and oxygen atoms in total. The Balaban J connectivity index is 1.58. The first-order chi connectivity index (χ1) is 17.1. The standard InChI is InChI=1S/C27H20N4O3S/c32-20-14-8-4-7-12-19(13-9-15-20)31-21-16-17-28-26-22(21)23(30-27(31)34)24(35-26)25(33)29-18-10-5-2-1-3-6-11-18/h1-17,32H,(H,29,33)(H,30,34)/b2-1-,3-1?,5-2?,6-3-,7-4?,8-4?,10-5?,11-6?,12-7?,13-9?,14-8?,15-9?,18-10?,18-11?,19-12?,19-13?,20-14?,20-15?. The first-order valence-corrected chi connectivity index (χ1v) is 11.6. The number of urea groups is 1. The highest BCUT2D eigenvalue weighted by Crippen LogP contribution is 2.45. The summed E-state index contributed by atoms with van der Waals surface area (Å²) in [5, 5.41) is 16.3. The van der Waals surface area contributed by atoms with Crippen LogP contribution in [0, 0.1) is 0 Å². The fraction of sp³-hybridized carbons (Fsp3) is 0. The summed E-state index contributed by atoms with van der Waals surface area (Å²) in [5.41, 5.74) is 2.27. The number of hydrogen-bond donors (Lipinski definition) is 3. The molecule has 2 aromatic heterocycles. The molecule has 1 aliphatic heterocycles. The highest BCUT2D eigenvalue weighted by atomic mass is 32.1. The van der Waals surface area contributed by atoms with Crippen LogP contribution >= 0.6 is 11.3 Å². The lowest BCUT2D eigenvalue weighted by atomic mass is 10.1. The van der Waals surface area contributed by atoms with Crippen LogP contribution in [0.15, 0.2) is 109 Å². The summed E-state index contributed by atoms with van der Waals surface area (Å²) in [4.78, 5) is 33.5. The Hall–Kier alpha value is -4.69. The number of hydrogen-bond acceptors (Lipinski definition) is 5. The van der Waals surface area contributed by atoms with E-state index >= 15 is 0 Å². The van der Waals surface area contributed by atoms with Crippen LogP contribution in [0.3, 0.4) is 0 Å². The lowest BCUT2D eigenvalue weighted by molar-refractivity contribution is 0.0972. The van der Waals surface area contributed by atoms with Crippen molar-refractivity contribution in [1.29, 1.82) is 0 Å². The molecule has 0 saturated heterocycles. The molecule has 3 heterocycles. The number of anilines is 3. The van der Waals surface area contributed by atoms with Gasteiger partial charge in [0, 0.05) is 11.9 Å². The third-order valence-corrected chi connectivity index (χ3v) is 6.35. The second-order valence-corrected chi connectivity index (χ2v) is 8.57. The minimum atomic E-state index is -0.402. The largest absolute Gasteiger partial charge is 0.508 e. The number of aromatic nitrogens is 1. The molecule has 0 radical (unpaired) electrons. The quantitative estimate of drug-likeness (QED) is 0.422. The summed E-state index contributed by atoms with van der Waals surface area (Å²) in [6, 6.07) is 14.9. The fourth-order valence-electron chi connectivity index (χ4n) is 3.72. The Bertz CT molecular complexity index is 1520. The van der Waals surface area contributed by atoms with Crippen LogP contribution in [-0.2, 0) is 0 Å². The first-order valence-electron chi connectivity index (χ1n) is 10.8. The normalized spacial score (nSPS) is 15.8. The maximum absolute atomic E-state index is 13.3. The smallest absolute Gasteiger partial charge is 0.331 e. The maximum Gasteiger partial charge on any atom is 0.331 e. The Labute approximate surface area is 205 Å². The molecule has 172 valence electrons. The molecule has 0 unspecified atom stereocenters. The molecule has 3 N–H and O–H groups in total. The Morgan fingerprint density at radius 3 is 2.66 bits per heavy atom. The van der Waals surface area contributed by atoms with Gasteiger partial charge in [-0.25, -0.2) is 9.78 Å². The molecule has 35 heavy (non-hydrogen) atoms. The van der Waals surface area contributed by atoms with Gasteiger partial charge in [-0.05, 0) is 42.5 Å². The molecule has 1 aromatic carbocycles. The molecule has 1 aliphatic carbocycles. The van der Waals surface area contributed by atoms with E-state index in [9.17, 15) is 14.7 Å². The molecule has 2 aliphatic rings. The van der Waals surface area contributed by atoms with Crippen molar-refractivity contribution >= 4 is 50.6 Å². The number of pyridine rings is 1. The first kappa shape index (κ1) is 22.1. The Morgan fingerprint density at radius 2 is 1.74 bits per heavy atom. The van der Waals surface area contributed by atoms with Crippen LogP contribution in [0.4, 0.5) is 21.9 Å². The lowest BCUT2D eigenvalue weighted by Crippen LogP contribution is -2.34. The second-order valence-electron chi connectivity index (χ2n) is 7.57. The van der Waals surface area contributed by atoms with Gasteiger partial charge in [0.05, 0.1) is 22.4 Å². The minimum absolute atomic E-state index is 0.0955. The highest BCUT2D eigenvalue weighted by molar-refractivity contribution is 7.21. The monoisotopic (exact) mass is 480 g/mol. The summed E-state index contributed by atoms with van der Waals surface area (Å²) in [6.07, 6.45) is 14.5. The molecule has 0 bridgehead atoms. The summed E-state index contributed by atoms with van der Waals surface area (Å²) in [6.45, 7) is 0. The van der Waals surface area contributed by atoms with E-state index in [4.69, 9.17) is 0 Å². The van der Waals surface area contributed by atoms with E-state index in [2.05, 4.69) is 15.6 Å². The minimum Gasteiger partial charge on any atom is -0.508 e. The van der Waals surface area contributed by atoms with Crippen LogP contribution in [0.25, 0.3) is 10.2 Å². The second kappa shape index (κ2) is 9.66. The van der Waals surface area contributed by atoms with Gasteiger partial charge in [0.25, 0.3) is 5.91 Å². The van der Waals surface area contributed by atoms with Crippen molar-refractivity contribution in [2.24, 2.45) is 0 Å². The number of thiophene rings is 1. The fourth-order valence-corrected chi connectivity index (χ4v) is 4.73. The van der Waals surface area contributed by atoms with Crippen molar-refractivity contribution in [3.05, 3.63) is 114 Å². The number of nitrogens with zero attached hydrogens (tertiary/aromatic N) is 2. The van der Waals surface area contributed by atoms with Gasteiger partial charge in [-0.1, -0.05) is 54.6 Å². The van der Waals surface area contributed by atoms with Crippen molar-refractivity contribution in [3.63, 3.8) is 0 Å². The van der Waals surface area contributed by atoms with Gasteiger partial charge >= 0.3 is 6.03 Å². The van der Waals surface area contributed by atoms with E-state index in [0.29, 0.717) is 37.9 Å². The average molecular weight is 481 g/mol. The molecular weight excluding hydrogens is 460 g/mol. The molecule has 0 fully saturated rings. The van der Waals surface area contributed by atoms with Gasteiger partial charge in [-0.15, -0.1) is 11.3 Å².